The second kappa shape index (κ2) is 6.90. The predicted octanol–water partition coefficient (Wildman–Crippen LogP) is 1.25. The van der Waals surface area contributed by atoms with Gasteiger partial charge in [0.05, 0.1) is 0 Å². The van der Waals surface area contributed by atoms with Crippen molar-refractivity contribution in [2.24, 2.45) is 0 Å². The second-order valence-corrected chi connectivity index (χ2v) is 1.91. The van der Waals surface area contributed by atoms with E-state index in [0.29, 0.717) is 0 Å². The molecule has 3 nitrogen and oxygen atoms in total. The van der Waals surface area contributed by atoms with Crippen molar-refractivity contribution >= 4 is 5.97 Å². The van der Waals surface area contributed by atoms with Crippen LogP contribution in [0.2, 0.25) is 0 Å². The molecule has 74 valence electrons. The van der Waals surface area contributed by atoms with E-state index in [9.17, 15) is 13.2 Å². The van der Waals surface area contributed by atoms with Gasteiger partial charge < -0.3 is 10.4 Å². The Labute approximate surface area is 68.6 Å². The van der Waals surface area contributed by atoms with Crippen molar-refractivity contribution in [3.63, 3.8) is 0 Å². The minimum atomic E-state index is -5.08. The number of alkyl halides is 3. The summed E-state index contributed by atoms with van der Waals surface area (Å²) in [6.45, 7) is 3.29. The van der Waals surface area contributed by atoms with Crippen LogP contribution in [0.1, 0.15) is 13.3 Å². The summed E-state index contributed by atoms with van der Waals surface area (Å²) < 4.78 is 31.7. The minimum absolute atomic E-state index is 1.14. The zero-order valence-electron chi connectivity index (χ0n) is 6.90. The van der Waals surface area contributed by atoms with Gasteiger partial charge in [-0.1, -0.05) is 6.92 Å². The van der Waals surface area contributed by atoms with Crippen molar-refractivity contribution in [2.45, 2.75) is 19.5 Å². The summed E-state index contributed by atoms with van der Waals surface area (Å²) >= 11 is 0. The van der Waals surface area contributed by atoms with Crippen LogP contribution in [-0.4, -0.2) is 30.8 Å². The van der Waals surface area contributed by atoms with Crippen molar-refractivity contribution < 1.29 is 23.1 Å². The van der Waals surface area contributed by atoms with E-state index >= 15 is 0 Å². The van der Waals surface area contributed by atoms with Crippen molar-refractivity contribution in [3.8, 4) is 0 Å². The first-order chi connectivity index (χ1) is 5.36. The normalized spacial score (nSPS) is 10.1. The van der Waals surface area contributed by atoms with Crippen LogP contribution in [0.4, 0.5) is 13.2 Å². The van der Waals surface area contributed by atoms with E-state index in [1.54, 1.807) is 0 Å². The Morgan fingerprint density at radius 2 is 1.83 bits per heavy atom. The number of aliphatic carboxylic acids is 1. The van der Waals surface area contributed by atoms with Crippen LogP contribution in [0.5, 0.6) is 0 Å². The molecule has 0 saturated heterocycles. The SMILES string of the molecule is CCCNC.O=C(O)C(F)(F)F. The first kappa shape index (κ1) is 13.8. The minimum Gasteiger partial charge on any atom is -0.475 e. The number of halogens is 3. The molecule has 2 N–H and O–H groups in total. The van der Waals surface area contributed by atoms with Gasteiger partial charge in [-0.05, 0) is 20.0 Å². The highest BCUT2D eigenvalue weighted by Gasteiger charge is 2.38. The molecule has 0 aliphatic rings. The molecule has 0 spiro atoms. The Hall–Kier alpha value is -0.780. The van der Waals surface area contributed by atoms with Gasteiger partial charge in [0.25, 0.3) is 0 Å². The van der Waals surface area contributed by atoms with E-state index in [-0.39, 0.29) is 0 Å². The van der Waals surface area contributed by atoms with E-state index in [1.165, 1.54) is 6.42 Å². The van der Waals surface area contributed by atoms with Gasteiger partial charge in [0.2, 0.25) is 0 Å². The van der Waals surface area contributed by atoms with Crippen LogP contribution in [0.15, 0.2) is 0 Å². The zero-order chi connectivity index (χ0) is 10.2. The molecule has 0 aromatic carbocycles. The molecule has 0 aromatic rings. The van der Waals surface area contributed by atoms with Crippen LogP contribution in [0.3, 0.4) is 0 Å². The maximum atomic E-state index is 10.6. The fraction of sp³-hybridized carbons (Fsp3) is 0.833. The molecule has 0 rings (SSSR count). The standard InChI is InChI=1S/C4H11N.C2HF3O2/c1-3-4-5-2;3-2(4,5)1(6)7/h5H,3-4H2,1-2H3;(H,6,7). The Balaban J connectivity index is 0. The summed E-state index contributed by atoms with van der Waals surface area (Å²) in [5.41, 5.74) is 0. The number of rotatable bonds is 2. The quantitative estimate of drug-likeness (QED) is 0.684. The molecule has 0 atom stereocenters. The highest BCUT2D eigenvalue weighted by atomic mass is 19.4. The summed E-state index contributed by atoms with van der Waals surface area (Å²) in [5.74, 6) is -2.76. The van der Waals surface area contributed by atoms with E-state index in [1.807, 2.05) is 7.05 Å². The monoisotopic (exact) mass is 187 g/mol. The third-order valence-corrected chi connectivity index (χ3v) is 0.743. The van der Waals surface area contributed by atoms with Crippen molar-refractivity contribution in [3.05, 3.63) is 0 Å². The number of hydrogen-bond acceptors (Lipinski definition) is 2. The molecule has 12 heavy (non-hydrogen) atoms. The number of carboxylic acid groups (broad SMARTS) is 1. The lowest BCUT2D eigenvalue weighted by atomic mass is 10.5. The predicted molar refractivity (Wildman–Crippen MR) is 37.9 cm³/mol. The lowest BCUT2D eigenvalue weighted by Gasteiger charge is -1.93. The Morgan fingerprint density at radius 1 is 1.50 bits per heavy atom. The van der Waals surface area contributed by atoms with Crippen LogP contribution >= 0.6 is 0 Å². The Morgan fingerprint density at radius 3 is 1.83 bits per heavy atom. The highest BCUT2D eigenvalue weighted by Crippen LogP contribution is 2.13. The Kier molecular flexibility index (Phi) is 7.93. The highest BCUT2D eigenvalue weighted by molar-refractivity contribution is 5.73. The maximum absolute atomic E-state index is 10.6. The third kappa shape index (κ3) is 12.0. The molecule has 0 aliphatic heterocycles. The van der Waals surface area contributed by atoms with Crippen LogP contribution in [0.25, 0.3) is 0 Å². The van der Waals surface area contributed by atoms with Crippen LogP contribution < -0.4 is 5.32 Å². The molecule has 6 heteroatoms. The summed E-state index contributed by atoms with van der Waals surface area (Å²) in [7, 11) is 1.96. The smallest absolute Gasteiger partial charge is 0.475 e. The van der Waals surface area contributed by atoms with Gasteiger partial charge in [-0.15, -0.1) is 0 Å². The molecule has 0 aromatic heterocycles. The van der Waals surface area contributed by atoms with E-state index in [0.717, 1.165) is 6.54 Å². The number of carboxylic acids is 1. The molecular formula is C6H12F3NO2. The van der Waals surface area contributed by atoms with Gasteiger partial charge >= 0.3 is 12.1 Å². The summed E-state index contributed by atoms with van der Waals surface area (Å²) in [5, 5.41) is 10.1. The fourth-order valence-corrected chi connectivity index (χ4v) is 0.250. The Bertz CT molecular complexity index is 122. The molecule has 0 radical (unpaired) electrons. The largest absolute Gasteiger partial charge is 0.490 e. The molecule has 0 unspecified atom stereocenters. The van der Waals surface area contributed by atoms with Crippen LogP contribution in [0, 0.1) is 0 Å². The fourth-order valence-electron chi connectivity index (χ4n) is 0.250. The molecule has 0 heterocycles. The van der Waals surface area contributed by atoms with Gasteiger partial charge in [-0.3, -0.25) is 0 Å². The number of carbonyl (C=O) groups is 1. The third-order valence-electron chi connectivity index (χ3n) is 0.743. The topological polar surface area (TPSA) is 49.3 Å². The molecule has 0 bridgehead atoms. The lowest BCUT2D eigenvalue weighted by Crippen LogP contribution is -2.21. The molecule has 0 amide bonds. The molecule has 0 saturated carbocycles. The van der Waals surface area contributed by atoms with Crippen molar-refractivity contribution in [1.82, 2.24) is 5.32 Å². The lowest BCUT2D eigenvalue weighted by molar-refractivity contribution is -0.192. The molecule has 0 fully saturated rings. The molecule has 0 aliphatic carbocycles. The number of hydrogen-bond donors (Lipinski definition) is 2. The average molecular weight is 187 g/mol. The van der Waals surface area contributed by atoms with Crippen molar-refractivity contribution in [2.75, 3.05) is 13.6 Å². The van der Waals surface area contributed by atoms with Gasteiger partial charge in [0, 0.05) is 0 Å². The maximum Gasteiger partial charge on any atom is 0.490 e. The first-order valence-electron chi connectivity index (χ1n) is 3.31. The van der Waals surface area contributed by atoms with Gasteiger partial charge in [0.1, 0.15) is 0 Å². The van der Waals surface area contributed by atoms with Gasteiger partial charge in [0.15, 0.2) is 0 Å². The van der Waals surface area contributed by atoms with E-state index in [2.05, 4.69) is 12.2 Å². The van der Waals surface area contributed by atoms with Crippen LogP contribution in [-0.2, 0) is 4.79 Å². The van der Waals surface area contributed by atoms with E-state index in [4.69, 9.17) is 9.90 Å². The molecular weight excluding hydrogens is 175 g/mol. The van der Waals surface area contributed by atoms with Gasteiger partial charge in [-0.25, -0.2) is 4.79 Å². The summed E-state index contributed by atoms with van der Waals surface area (Å²) in [6, 6.07) is 0. The zero-order valence-corrected chi connectivity index (χ0v) is 6.90. The van der Waals surface area contributed by atoms with E-state index < -0.39 is 12.1 Å². The van der Waals surface area contributed by atoms with Crippen molar-refractivity contribution in [1.29, 1.82) is 0 Å². The van der Waals surface area contributed by atoms with Gasteiger partial charge in [-0.2, -0.15) is 13.2 Å². The average Bonchev–Trinajstić information content (AvgIpc) is 1.88. The second-order valence-electron chi connectivity index (χ2n) is 1.91. The first-order valence-corrected chi connectivity index (χ1v) is 3.31. The number of nitrogens with one attached hydrogen (secondary N) is 1. The summed E-state index contributed by atoms with van der Waals surface area (Å²) in [4.78, 5) is 8.90. The summed E-state index contributed by atoms with van der Waals surface area (Å²) in [6.07, 6.45) is -3.85.